The van der Waals surface area contributed by atoms with E-state index in [0.29, 0.717) is 16.3 Å². The van der Waals surface area contributed by atoms with Crippen molar-refractivity contribution in [2.45, 2.75) is 0 Å². The normalized spacial score (nSPS) is 10.2. The Bertz CT molecular complexity index is 1000. The summed E-state index contributed by atoms with van der Waals surface area (Å²) in [5.74, 6) is -0.396. The number of ketones is 1. The third-order valence-electron chi connectivity index (χ3n) is 3.37. The van der Waals surface area contributed by atoms with E-state index in [1.54, 1.807) is 54.6 Å². The Morgan fingerprint density at radius 3 is 2.38 bits per heavy atom. The highest BCUT2D eigenvalue weighted by Gasteiger charge is 2.16. The van der Waals surface area contributed by atoms with E-state index in [-0.39, 0.29) is 11.3 Å². The number of rotatable bonds is 3. The Morgan fingerprint density at radius 2 is 1.75 bits per heavy atom. The lowest BCUT2D eigenvalue weighted by atomic mass is 10.1. The zero-order valence-corrected chi connectivity index (χ0v) is 13.1. The van der Waals surface area contributed by atoms with Crippen LogP contribution < -0.4 is 5.56 Å². The third-order valence-corrected chi connectivity index (χ3v) is 3.62. The summed E-state index contributed by atoms with van der Waals surface area (Å²) in [6, 6.07) is 18.0. The van der Waals surface area contributed by atoms with Gasteiger partial charge in [-0.25, -0.2) is 0 Å². The lowest BCUT2D eigenvalue weighted by molar-refractivity contribution is 0.103. The topological polar surface area (TPSA) is 75.8 Å². The monoisotopic (exact) mass is 335 g/mol. The van der Waals surface area contributed by atoms with Gasteiger partial charge in [0.25, 0.3) is 5.56 Å². The predicted molar refractivity (Wildman–Crippen MR) is 89.4 cm³/mol. The second-order valence-electron chi connectivity index (χ2n) is 4.94. The van der Waals surface area contributed by atoms with Crippen LogP contribution in [0.15, 0.2) is 65.5 Å². The Morgan fingerprint density at radius 1 is 1.08 bits per heavy atom. The number of halogens is 1. The van der Waals surface area contributed by atoms with Crippen molar-refractivity contribution < 1.29 is 4.79 Å². The molecule has 24 heavy (non-hydrogen) atoms. The molecule has 0 amide bonds. The highest BCUT2D eigenvalue weighted by Crippen LogP contribution is 2.13. The Balaban J connectivity index is 2.16. The molecule has 0 spiro atoms. The molecule has 0 radical (unpaired) electrons. The Labute approximate surface area is 142 Å². The number of nitrogens with zero attached hydrogens (tertiary/aromatic N) is 3. The van der Waals surface area contributed by atoms with Gasteiger partial charge in [0.05, 0.1) is 5.69 Å². The van der Waals surface area contributed by atoms with Gasteiger partial charge < -0.3 is 0 Å². The minimum absolute atomic E-state index is 0.0114. The fraction of sp³-hybridized carbons (Fsp3) is 0. The maximum absolute atomic E-state index is 12.6. The van der Waals surface area contributed by atoms with Crippen LogP contribution >= 0.6 is 11.6 Å². The van der Waals surface area contributed by atoms with Gasteiger partial charge >= 0.3 is 0 Å². The largest absolute Gasteiger partial charge is 0.289 e. The quantitative estimate of drug-likeness (QED) is 0.689. The minimum Gasteiger partial charge on any atom is -0.287 e. The fourth-order valence-corrected chi connectivity index (χ4v) is 2.30. The van der Waals surface area contributed by atoms with Gasteiger partial charge in [-0.15, -0.1) is 0 Å². The molecule has 0 fully saturated rings. The predicted octanol–water partition coefficient (Wildman–Crippen LogP) is 2.99. The maximum Gasteiger partial charge on any atom is 0.289 e. The summed E-state index contributed by atoms with van der Waals surface area (Å²) in [7, 11) is 0. The van der Waals surface area contributed by atoms with Crippen molar-refractivity contribution in [2.75, 3.05) is 0 Å². The first kappa shape index (κ1) is 15.7. The molecule has 0 unspecified atom stereocenters. The van der Waals surface area contributed by atoms with Crippen molar-refractivity contribution in [3.63, 3.8) is 0 Å². The van der Waals surface area contributed by atoms with Crippen LogP contribution in [0.2, 0.25) is 5.02 Å². The van der Waals surface area contributed by atoms with Crippen molar-refractivity contribution in [1.82, 2.24) is 9.78 Å². The molecule has 3 rings (SSSR count). The molecule has 0 saturated carbocycles. The number of hydrogen-bond donors (Lipinski definition) is 0. The Hall–Kier alpha value is -3.23. The second kappa shape index (κ2) is 6.49. The van der Waals surface area contributed by atoms with Gasteiger partial charge in [0.15, 0.2) is 0 Å². The third kappa shape index (κ3) is 2.96. The van der Waals surface area contributed by atoms with Gasteiger partial charge in [-0.1, -0.05) is 29.8 Å². The molecule has 2 aromatic carbocycles. The maximum atomic E-state index is 12.6. The highest BCUT2D eigenvalue weighted by atomic mass is 35.5. The summed E-state index contributed by atoms with van der Waals surface area (Å²) in [6.45, 7) is 0. The van der Waals surface area contributed by atoms with E-state index in [9.17, 15) is 14.9 Å². The number of carbonyl (C=O) groups excluding carboxylic acids is 1. The van der Waals surface area contributed by atoms with E-state index in [4.69, 9.17) is 11.6 Å². The molecule has 3 aromatic rings. The van der Waals surface area contributed by atoms with Crippen LogP contribution in [0.25, 0.3) is 5.69 Å². The van der Waals surface area contributed by atoms with Crippen molar-refractivity contribution in [1.29, 1.82) is 5.26 Å². The molecule has 116 valence electrons. The standard InChI is InChI=1S/C18H10ClN3O2/c19-14-8-6-12(7-9-14)17(23)16-10-13(11-20)18(24)22(21-16)15-4-2-1-3-5-15/h1-10H. The van der Waals surface area contributed by atoms with Crippen LogP contribution in [0.1, 0.15) is 21.6 Å². The SMILES string of the molecule is N#Cc1cc(C(=O)c2ccc(Cl)cc2)nn(-c2ccccc2)c1=O. The summed E-state index contributed by atoms with van der Waals surface area (Å²) < 4.78 is 1.06. The molecule has 0 aliphatic rings. The molecule has 0 aliphatic carbocycles. The smallest absolute Gasteiger partial charge is 0.287 e. The first-order valence-corrected chi connectivity index (χ1v) is 7.38. The van der Waals surface area contributed by atoms with Crippen molar-refractivity contribution >= 4 is 17.4 Å². The first-order chi connectivity index (χ1) is 11.6. The summed E-state index contributed by atoms with van der Waals surface area (Å²) >= 11 is 5.82. The van der Waals surface area contributed by atoms with Gasteiger partial charge in [-0.3, -0.25) is 9.59 Å². The van der Waals surface area contributed by atoms with E-state index in [1.165, 1.54) is 6.07 Å². The van der Waals surface area contributed by atoms with Gasteiger partial charge in [0.1, 0.15) is 17.3 Å². The number of carbonyl (C=O) groups is 1. The van der Waals surface area contributed by atoms with Crippen molar-refractivity contribution in [3.05, 3.63) is 92.9 Å². The molecule has 1 heterocycles. The average molecular weight is 336 g/mol. The molecular weight excluding hydrogens is 326 g/mol. The highest BCUT2D eigenvalue weighted by molar-refractivity contribution is 6.30. The molecule has 0 atom stereocenters. The summed E-state index contributed by atoms with van der Waals surface area (Å²) in [4.78, 5) is 24.9. The Kier molecular flexibility index (Phi) is 4.23. The van der Waals surface area contributed by atoms with Crippen LogP contribution in [0.3, 0.4) is 0 Å². The summed E-state index contributed by atoms with van der Waals surface area (Å²) in [6.07, 6.45) is 0. The zero-order valence-electron chi connectivity index (χ0n) is 12.3. The molecular formula is C18H10ClN3O2. The molecule has 0 N–H and O–H groups in total. The van der Waals surface area contributed by atoms with Crippen molar-refractivity contribution in [2.24, 2.45) is 0 Å². The number of aromatic nitrogens is 2. The van der Waals surface area contributed by atoms with E-state index in [1.807, 2.05) is 6.07 Å². The summed E-state index contributed by atoms with van der Waals surface area (Å²) in [5.41, 5.74) is 0.138. The molecule has 0 bridgehead atoms. The van der Waals surface area contributed by atoms with Crippen LogP contribution in [0.4, 0.5) is 0 Å². The van der Waals surface area contributed by atoms with E-state index in [2.05, 4.69) is 5.10 Å². The molecule has 1 aromatic heterocycles. The van der Waals surface area contributed by atoms with Gasteiger partial charge in [0.2, 0.25) is 5.78 Å². The number of nitriles is 1. The van der Waals surface area contributed by atoms with Gasteiger partial charge in [-0.2, -0.15) is 15.0 Å². The first-order valence-electron chi connectivity index (χ1n) is 7.00. The van der Waals surface area contributed by atoms with Gasteiger partial charge in [0, 0.05) is 10.6 Å². The van der Waals surface area contributed by atoms with Gasteiger partial charge in [-0.05, 0) is 42.5 Å². The number of benzene rings is 2. The molecule has 6 heteroatoms. The van der Waals surface area contributed by atoms with E-state index in [0.717, 1.165) is 4.68 Å². The van der Waals surface area contributed by atoms with E-state index >= 15 is 0 Å². The lowest BCUT2D eigenvalue weighted by Crippen LogP contribution is -2.26. The average Bonchev–Trinajstić information content (AvgIpc) is 2.62. The van der Waals surface area contributed by atoms with E-state index < -0.39 is 11.3 Å². The molecule has 0 saturated heterocycles. The number of para-hydroxylation sites is 1. The zero-order chi connectivity index (χ0) is 17.1. The van der Waals surface area contributed by atoms with Crippen LogP contribution in [0, 0.1) is 11.3 Å². The van der Waals surface area contributed by atoms with Crippen LogP contribution in [0.5, 0.6) is 0 Å². The van der Waals surface area contributed by atoms with Crippen LogP contribution in [-0.4, -0.2) is 15.6 Å². The second-order valence-corrected chi connectivity index (χ2v) is 5.38. The fourth-order valence-electron chi connectivity index (χ4n) is 2.18. The lowest BCUT2D eigenvalue weighted by Gasteiger charge is -2.07. The van der Waals surface area contributed by atoms with Crippen LogP contribution in [-0.2, 0) is 0 Å². The van der Waals surface area contributed by atoms with Crippen molar-refractivity contribution in [3.8, 4) is 11.8 Å². The summed E-state index contributed by atoms with van der Waals surface area (Å²) in [5, 5.41) is 13.8. The molecule has 5 nitrogen and oxygen atoms in total. The number of hydrogen-bond acceptors (Lipinski definition) is 4. The molecule has 0 aliphatic heterocycles. The minimum atomic E-state index is -0.573.